The first-order valence-corrected chi connectivity index (χ1v) is 14.6. The molecule has 14 heteroatoms. The maximum Gasteiger partial charge on any atom is 0.315 e. The number of rotatable bonds is 6. The van der Waals surface area contributed by atoms with E-state index < -0.39 is 55.4 Å². The number of aryl methyl sites for hydroxylation is 2. The van der Waals surface area contributed by atoms with E-state index in [4.69, 9.17) is 69.6 Å². The molecule has 40 heavy (non-hydrogen) atoms. The van der Waals surface area contributed by atoms with Crippen molar-refractivity contribution < 1.29 is 18.4 Å². The van der Waals surface area contributed by atoms with Gasteiger partial charge in [0.15, 0.2) is 0 Å². The molecular formula is C26H28Cl6F2N4O2. The Morgan fingerprint density at radius 2 is 1.07 bits per heavy atom. The zero-order valence-corrected chi connectivity index (χ0v) is 26.0. The third kappa shape index (κ3) is 9.04. The van der Waals surface area contributed by atoms with E-state index in [0.29, 0.717) is 24.0 Å². The van der Waals surface area contributed by atoms with Gasteiger partial charge in [-0.3, -0.25) is 0 Å². The molecule has 0 unspecified atom stereocenters. The number of nitrogens with one attached hydrogen (secondary N) is 4. The third-order valence-corrected chi connectivity index (χ3v) is 7.97. The van der Waals surface area contributed by atoms with E-state index in [1.54, 1.807) is 26.0 Å². The van der Waals surface area contributed by atoms with Gasteiger partial charge in [-0.15, -0.1) is 0 Å². The highest BCUT2D eigenvalue weighted by Gasteiger charge is 2.38. The fraction of sp³-hybridized carbons (Fsp3) is 0.462. The third-order valence-electron chi connectivity index (χ3n) is 6.66. The molecule has 2 aromatic rings. The van der Waals surface area contributed by atoms with Crippen LogP contribution in [0.25, 0.3) is 0 Å². The lowest BCUT2D eigenvalue weighted by atomic mass is 9.90. The van der Waals surface area contributed by atoms with Crippen LogP contribution in [0.3, 0.4) is 0 Å². The summed E-state index contributed by atoms with van der Waals surface area (Å²) in [7, 11) is 0. The highest BCUT2D eigenvalue weighted by molar-refractivity contribution is 6.68. The summed E-state index contributed by atoms with van der Waals surface area (Å²) in [5.74, 6) is -1.02. The molecule has 4 atom stereocenters. The number of benzene rings is 2. The largest absolute Gasteiger partial charge is 0.333 e. The van der Waals surface area contributed by atoms with Crippen LogP contribution in [-0.2, 0) is 0 Å². The molecule has 0 heterocycles. The second-order valence-electron chi connectivity index (χ2n) is 9.70. The highest BCUT2D eigenvalue weighted by atomic mass is 35.6. The van der Waals surface area contributed by atoms with E-state index in [2.05, 4.69) is 21.3 Å². The number of halogens is 8. The zero-order valence-electron chi connectivity index (χ0n) is 21.4. The summed E-state index contributed by atoms with van der Waals surface area (Å²) >= 11 is 36.7. The van der Waals surface area contributed by atoms with Gasteiger partial charge < -0.3 is 21.3 Å². The van der Waals surface area contributed by atoms with Crippen molar-refractivity contribution in [3.05, 3.63) is 70.3 Å². The first kappa shape index (κ1) is 33.1. The lowest BCUT2D eigenvalue weighted by molar-refractivity contribution is 0.210. The Morgan fingerprint density at radius 1 is 0.725 bits per heavy atom. The first-order chi connectivity index (χ1) is 18.6. The SMILES string of the molecule is Cc1ccc([C@@H](NC(=O)N[C@@H]2CCCC[C@@H]2NC(=O)N[C@@H](c2ccc(C)c(F)c2)C(Cl)(Cl)Cl)C(Cl)(Cl)Cl)cc1F. The molecule has 1 fully saturated rings. The van der Waals surface area contributed by atoms with Gasteiger partial charge in [-0.2, -0.15) is 0 Å². The smallest absolute Gasteiger partial charge is 0.315 e. The molecule has 4 amide bonds. The van der Waals surface area contributed by atoms with Gasteiger partial charge in [-0.1, -0.05) is 107 Å². The van der Waals surface area contributed by atoms with Gasteiger partial charge >= 0.3 is 12.1 Å². The Bertz CT molecular complexity index is 1130. The molecule has 0 aliphatic heterocycles. The number of alkyl halides is 6. The molecule has 220 valence electrons. The standard InChI is InChI=1S/C26H28Cl6F2N4O2/c1-13-7-9-15(11-17(13)33)21(25(27,28)29)37-23(39)35-19-5-3-4-6-20(19)36-24(40)38-22(26(30,31)32)16-10-8-14(2)18(34)12-16/h7-12,19-22H,3-6H2,1-2H3,(H2,35,37,39)(H2,36,38,40)/t19-,20+,21-,22+. The zero-order chi connectivity index (χ0) is 29.8. The Balaban J connectivity index is 1.70. The molecule has 1 aliphatic carbocycles. The average Bonchev–Trinajstić information content (AvgIpc) is 2.84. The van der Waals surface area contributed by atoms with Gasteiger partial charge in [-0.25, -0.2) is 18.4 Å². The lowest BCUT2D eigenvalue weighted by Crippen LogP contribution is -2.58. The van der Waals surface area contributed by atoms with Crippen LogP contribution in [-0.4, -0.2) is 31.7 Å². The molecule has 0 radical (unpaired) electrons. The lowest BCUT2D eigenvalue weighted by Gasteiger charge is -2.35. The highest BCUT2D eigenvalue weighted by Crippen LogP contribution is 2.41. The van der Waals surface area contributed by atoms with E-state index in [-0.39, 0.29) is 11.1 Å². The van der Waals surface area contributed by atoms with E-state index in [1.165, 1.54) is 24.3 Å². The minimum Gasteiger partial charge on any atom is -0.333 e. The van der Waals surface area contributed by atoms with Gasteiger partial charge in [0.2, 0.25) is 7.59 Å². The Labute approximate surface area is 261 Å². The first-order valence-electron chi connectivity index (χ1n) is 12.4. The number of hydrogen-bond acceptors (Lipinski definition) is 2. The minimum atomic E-state index is -1.98. The number of amides is 4. The number of carbonyl (C=O) groups excluding carboxylic acids is 2. The fourth-order valence-corrected chi connectivity index (χ4v) is 5.53. The summed E-state index contributed by atoms with van der Waals surface area (Å²) in [6.45, 7) is 3.18. The van der Waals surface area contributed by atoms with Crippen LogP contribution in [0.5, 0.6) is 0 Å². The average molecular weight is 679 g/mol. The van der Waals surface area contributed by atoms with Crippen LogP contribution in [0.15, 0.2) is 36.4 Å². The molecule has 6 nitrogen and oxygen atoms in total. The maximum absolute atomic E-state index is 14.2. The normalized spacial score (nSPS) is 19.4. The summed E-state index contributed by atoms with van der Waals surface area (Å²) in [5.41, 5.74) is 1.33. The van der Waals surface area contributed by atoms with E-state index in [9.17, 15) is 18.4 Å². The summed E-state index contributed by atoms with van der Waals surface area (Å²) in [4.78, 5) is 25.9. The summed E-state index contributed by atoms with van der Waals surface area (Å²) in [6.07, 6.45) is 2.68. The molecular weight excluding hydrogens is 651 g/mol. The molecule has 3 rings (SSSR count). The molecule has 0 saturated heterocycles. The summed E-state index contributed by atoms with van der Waals surface area (Å²) in [5, 5.41) is 10.8. The van der Waals surface area contributed by atoms with Crippen molar-refractivity contribution in [2.75, 3.05) is 0 Å². The molecule has 0 aromatic heterocycles. The van der Waals surface area contributed by atoms with Crippen molar-refractivity contribution in [1.82, 2.24) is 21.3 Å². The Morgan fingerprint density at radius 3 is 1.38 bits per heavy atom. The maximum atomic E-state index is 14.2. The number of urea groups is 2. The van der Waals surface area contributed by atoms with Crippen molar-refractivity contribution in [2.24, 2.45) is 0 Å². The molecule has 0 bridgehead atoms. The van der Waals surface area contributed by atoms with Crippen molar-refractivity contribution >= 4 is 81.7 Å². The van der Waals surface area contributed by atoms with Crippen LogP contribution < -0.4 is 21.3 Å². The van der Waals surface area contributed by atoms with Crippen molar-refractivity contribution in [1.29, 1.82) is 0 Å². The van der Waals surface area contributed by atoms with Gasteiger partial charge in [0.25, 0.3) is 0 Å². The predicted molar refractivity (Wildman–Crippen MR) is 158 cm³/mol. The van der Waals surface area contributed by atoms with Gasteiger partial charge in [-0.05, 0) is 61.1 Å². The monoisotopic (exact) mass is 676 g/mol. The summed E-state index contributed by atoms with van der Waals surface area (Å²) < 4.78 is 24.4. The minimum absolute atomic E-state index is 0.265. The van der Waals surface area contributed by atoms with Crippen molar-refractivity contribution in [3.8, 4) is 0 Å². The molecule has 1 saturated carbocycles. The van der Waals surface area contributed by atoms with Gasteiger partial charge in [0.1, 0.15) is 23.7 Å². The van der Waals surface area contributed by atoms with Crippen LogP contribution in [0.1, 0.15) is 60.0 Å². The Hall–Kier alpha value is -1.42. The van der Waals surface area contributed by atoms with Crippen LogP contribution in [0, 0.1) is 25.5 Å². The van der Waals surface area contributed by atoms with E-state index >= 15 is 0 Å². The van der Waals surface area contributed by atoms with Crippen molar-refractivity contribution in [3.63, 3.8) is 0 Å². The fourth-order valence-electron chi connectivity index (χ4n) is 4.44. The molecule has 1 aliphatic rings. The van der Waals surface area contributed by atoms with Gasteiger partial charge in [0.05, 0.1) is 12.1 Å². The van der Waals surface area contributed by atoms with E-state index in [0.717, 1.165) is 12.8 Å². The summed E-state index contributed by atoms with van der Waals surface area (Å²) in [6, 6.07) is 3.88. The molecule has 4 N–H and O–H groups in total. The van der Waals surface area contributed by atoms with Crippen LogP contribution in [0.2, 0.25) is 0 Å². The topological polar surface area (TPSA) is 82.3 Å². The second kappa shape index (κ2) is 13.7. The number of carbonyl (C=O) groups is 2. The number of hydrogen-bond donors (Lipinski definition) is 4. The van der Waals surface area contributed by atoms with E-state index in [1.807, 2.05) is 0 Å². The Kier molecular flexibility index (Phi) is 11.3. The van der Waals surface area contributed by atoms with Crippen LogP contribution >= 0.6 is 69.6 Å². The molecule has 0 spiro atoms. The van der Waals surface area contributed by atoms with Gasteiger partial charge in [0, 0.05) is 0 Å². The molecule has 2 aromatic carbocycles. The van der Waals surface area contributed by atoms with Crippen molar-refractivity contribution in [2.45, 2.75) is 71.3 Å². The second-order valence-corrected chi connectivity index (χ2v) is 14.4. The van der Waals surface area contributed by atoms with Crippen LogP contribution in [0.4, 0.5) is 18.4 Å². The predicted octanol–water partition coefficient (Wildman–Crippen LogP) is 8.01. The quantitative estimate of drug-likeness (QED) is 0.234.